The molecule has 0 bridgehead atoms. The second-order valence-corrected chi connectivity index (χ2v) is 8.63. The molecule has 3 amide bonds. The van der Waals surface area contributed by atoms with Crippen LogP contribution >= 0.6 is 0 Å². The lowest BCUT2D eigenvalue weighted by atomic mass is 10.0. The normalized spacial score (nSPS) is 14.5. The van der Waals surface area contributed by atoms with E-state index in [1.54, 1.807) is 20.0 Å². The van der Waals surface area contributed by atoms with Crippen molar-refractivity contribution in [2.45, 2.75) is 57.8 Å². The number of aromatic nitrogens is 1. The smallest absolute Gasteiger partial charge is 0.326 e. The van der Waals surface area contributed by atoms with Gasteiger partial charge in [0, 0.05) is 17.1 Å². The zero-order valence-electron chi connectivity index (χ0n) is 19.7. The fourth-order valence-electron chi connectivity index (χ4n) is 3.47. The Kier molecular flexibility index (Phi) is 9.34. The molecule has 190 valence electrons. The summed E-state index contributed by atoms with van der Waals surface area (Å²) in [7, 11) is 0. The van der Waals surface area contributed by atoms with Crippen molar-refractivity contribution in [2.75, 3.05) is 0 Å². The standard InChI is InChI=1S/C23H31N5O7/c1-11(2)19(22(33)26-12(3)20(31)27-17(23(34)35)9-18(29)30)28-21(32)15(24)8-13-10-25-16-7-5-4-6-14(13)16/h4-7,10-12,15,17,19,25H,8-9,24H2,1-3H3,(H,26,33)(H,27,31)(H,28,32)(H,29,30)(H,34,35). The number of hydrogen-bond acceptors (Lipinski definition) is 6. The molecule has 0 spiro atoms. The molecular formula is C23H31N5O7. The number of fused-ring (bicyclic) bond motifs is 1. The number of nitrogens with two attached hydrogens (primary N) is 1. The van der Waals surface area contributed by atoms with Crippen LogP contribution in [-0.2, 0) is 30.4 Å². The largest absolute Gasteiger partial charge is 0.481 e. The molecule has 1 aromatic carbocycles. The van der Waals surface area contributed by atoms with Crippen LogP contribution in [0.4, 0.5) is 0 Å². The second kappa shape index (κ2) is 12.0. The molecule has 2 aromatic rings. The first-order chi connectivity index (χ1) is 16.4. The number of benzene rings is 1. The summed E-state index contributed by atoms with van der Waals surface area (Å²) in [6.45, 7) is 4.72. The van der Waals surface area contributed by atoms with E-state index in [-0.39, 0.29) is 12.3 Å². The van der Waals surface area contributed by atoms with E-state index in [0.717, 1.165) is 16.5 Å². The lowest BCUT2D eigenvalue weighted by Crippen LogP contribution is -2.58. The lowest BCUT2D eigenvalue weighted by molar-refractivity contribution is -0.147. The number of aliphatic carboxylic acids is 2. The summed E-state index contributed by atoms with van der Waals surface area (Å²) in [5.41, 5.74) is 7.86. The van der Waals surface area contributed by atoms with Crippen LogP contribution in [0.5, 0.6) is 0 Å². The van der Waals surface area contributed by atoms with Gasteiger partial charge >= 0.3 is 11.9 Å². The predicted molar refractivity (Wildman–Crippen MR) is 126 cm³/mol. The number of carbonyl (C=O) groups is 5. The van der Waals surface area contributed by atoms with Crippen LogP contribution in [0.25, 0.3) is 10.9 Å². The molecule has 2 rings (SSSR count). The van der Waals surface area contributed by atoms with Crippen molar-refractivity contribution in [1.82, 2.24) is 20.9 Å². The van der Waals surface area contributed by atoms with Crippen LogP contribution < -0.4 is 21.7 Å². The Labute approximate surface area is 201 Å². The number of H-pyrrole nitrogens is 1. The van der Waals surface area contributed by atoms with Crippen molar-refractivity contribution >= 4 is 40.6 Å². The lowest BCUT2D eigenvalue weighted by Gasteiger charge is -2.25. The van der Waals surface area contributed by atoms with Gasteiger partial charge in [0.05, 0.1) is 12.5 Å². The first-order valence-electron chi connectivity index (χ1n) is 11.1. The van der Waals surface area contributed by atoms with Crippen molar-refractivity contribution in [3.63, 3.8) is 0 Å². The van der Waals surface area contributed by atoms with E-state index in [1.165, 1.54) is 6.92 Å². The Balaban J connectivity index is 1.99. The highest BCUT2D eigenvalue weighted by molar-refractivity contribution is 5.94. The first-order valence-corrected chi connectivity index (χ1v) is 11.1. The van der Waals surface area contributed by atoms with Crippen molar-refractivity contribution in [1.29, 1.82) is 0 Å². The number of carboxylic acid groups (broad SMARTS) is 2. The fraction of sp³-hybridized carbons (Fsp3) is 0.435. The Bertz CT molecular complexity index is 1100. The van der Waals surface area contributed by atoms with Crippen LogP contribution in [0.15, 0.2) is 30.5 Å². The Morgan fingerprint density at radius 2 is 1.60 bits per heavy atom. The van der Waals surface area contributed by atoms with Crippen molar-refractivity contribution in [2.24, 2.45) is 11.7 Å². The van der Waals surface area contributed by atoms with E-state index in [2.05, 4.69) is 20.9 Å². The molecule has 0 saturated heterocycles. The van der Waals surface area contributed by atoms with Crippen LogP contribution in [0, 0.1) is 5.92 Å². The number of hydrogen-bond donors (Lipinski definition) is 7. The van der Waals surface area contributed by atoms with Gasteiger partial charge in [-0.15, -0.1) is 0 Å². The van der Waals surface area contributed by atoms with Gasteiger partial charge < -0.3 is 36.9 Å². The summed E-state index contributed by atoms with van der Waals surface area (Å²) in [5, 5.41) is 25.9. The zero-order chi connectivity index (χ0) is 26.3. The van der Waals surface area contributed by atoms with Crippen molar-refractivity contribution in [3.8, 4) is 0 Å². The van der Waals surface area contributed by atoms with Crippen LogP contribution in [0.2, 0.25) is 0 Å². The molecule has 0 aliphatic rings. The van der Waals surface area contributed by atoms with Gasteiger partial charge in [0.1, 0.15) is 18.1 Å². The molecule has 0 aliphatic carbocycles. The minimum absolute atomic E-state index is 0.237. The van der Waals surface area contributed by atoms with Crippen molar-refractivity contribution in [3.05, 3.63) is 36.0 Å². The molecule has 12 nitrogen and oxygen atoms in total. The molecule has 4 unspecified atom stereocenters. The van der Waals surface area contributed by atoms with E-state index < -0.39 is 60.2 Å². The molecule has 35 heavy (non-hydrogen) atoms. The number of carbonyl (C=O) groups excluding carboxylic acids is 3. The Hall–Kier alpha value is -3.93. The summed E-state index contributed by atoms with van der Waals surface area (Å²) in [4.78, 5) is 62.9. The molecule has 12 heteroatoms. The summed E-state index contributed by atoms with van der Waals surface area (Å²) in [6.07, 6.45) is 1.20. The molecule has 0 saturated carbocycles. The molecular weight excluding hydrogens is 458 g/mol. The highest BCUT2D eigenvalue weighted by Crippen LogP contribution is 2.19. The monoisotopic (exact) mass is 489 g/mol. The number of rotatable bonds is 12. The van der Waals surface area contributed by atoms with Gasteiger partial charge in [-0.2, -0.15) is 0 Å². The van der Waals surface area contributed by atoms with Gasteiger partial charge in [-0.3, -0.25) is 19.2 Å². The quantitative estimate of drug-likeness (QED) is 0.211. The molecule has 0 aliphatic heterocycles. The minimum atomic E-state index is -1.65. The topological polar surface area (TPSA) is 204 Å². The van der Waals surface area contributed by atoms with Gasteiger partial charge in [0.15, 0.2) is 0 Å². The van der Waals surface area contributed by atoms with Gasteiger partial charge in [-0.25, -0.2) is 4.79 Å². The van der Waals surface area contributed by atoms with Gasteiger partial charge in [-0.1, -0.05) is 32.0 Å². The average molecular weight is 490 g/mol. The highest BCUT2D eigenvalue weighted by atomic mass is 16.4. The zero-order valence-corrected chi connectivity index (χ0v) is 19.7. The maximum atomic E-state index is 12.8. The van der Waals surface area contributed by atoms with E-state index in [9.17, 15) is 24.0 Å². The van der Waals surface area contributed by atoms with Crippen LogP contribution in [-0.4, -0.2) is 69.0 Å². The maximum Gasteiger partial charge on any atom is 0.326 e. The molecule has 0 fully saturated rings. The molecule has 4 atom stereocenters. The SMILES string of the molecule is CC(NC(=O)C(NC(=O)C(N)Cc1c[nH]c2ccccc12)C(C)C)C(=O)NC(CC(=O)O)C(=O)O. The number of nitrogens with one attached hydrogen (secondary N) is 4. The highest BCUT2D eigenvalue weighted by Gasteiger charge is 2.30. The maximum absolute atomic E-state index is 12.8. The fourth-order valence-corrected chi connectivity index (χ4v) is 3.47. The van der Waals surface area contributed by atoms with E-state index in [4.69, 9.17) is 15.9 Å². The Morgan fingerprint density at radius 3 is 2.20 bits per heavy atom. The third-order valence-corrected chi connectivity index (χ3v) is 5.44. The van der Waals surface area contributed by atoms with E-state index in [0.29, 0.717) is 0 Å². The molecule has 0 radical (unpaired) electrons. The van der Waals surface area contributed by atoms with Gasteiger partial charge in [0.2, 0.25) is 17.7 Å². The molecule has 1 heterocycles. The summed E-state index contributed by atoms with van der Waals surface area (Å²) >= 11 is 0. The number of carboxylic acids is 2. The number of amides is 3. The van der Waals surface area contributed by atoms with Crippen LogP contribution in [0.3, 0.4) is 0 Å². The first kappa shape index (κ1) is 27.3. The van der Waals surface area contributed by atoms with Crippen LogP contribution in [0.1, 0.15) is 32.8 Å². The predicted octanol–water partition coefficient (Wildman–Crippen LogP) is -0.273. The molecule has 1 aromatic heterocycles. The third-order valence-electron chi connectivity index (χ3n) is 5.44. The van der Waals surface area contributed by atoms with E-state index in [1.807, 2.05) is 24.3 Å². The average Bonchev–Trinajstić information content (AvgIpc) is 3.18. The summed E-state index contributed by atoms with van der Waals surface area (Å²) in [6, 6.07) is 2.80. The van der Waals surface area contributed by atoms with E-state index >= 15 is 0 Å². The minimum Gasteiger partial charge on any atom is -0.481 e. The Morgan fingerprint density at radius 1 is 0.943 bits per heavy atom. The van der Waals surface area contributed by atoms with Gasteiger partial charge in [-0.05, 0) is 30.9 Å². The third kappa shape index (κ3) is 7.54. The summed E-state index contributed by atoms with van der Waals surface area (Å²) < 4.78 is 0. The van der Waals surface area contributed by atoms with Gasteiger partial charge in [0.25, 0.3) is 0 Å². The number of aromatic amines is 1. The molecule has 8 N–H and O–H groups in total. The van der Waals surface area contributed by atoms with Crippen molar-refractivity contribution < 1.29 is 34.2 Å². The number of para-hydroxylation sites is 1. The summed E-state index contributed by atoms with van der Waals surface area (Å²) in [5.74, 6) is -5.36. The second-order valence-electron chi connectivity index (χ2n) is 8.63.